The Hall–Kier alpha value is -1.88. The molecule has 5 nitrogen and oxygen atoms in total. The molecule has 1 aromatic carbocycles. The minimum atomic E-state index is -0.0768. The highest BCUT2D eigenvalue weighted by Crippen LogP contribution is 2.16. The van der Waals surface area contributed by atoms with Crippen molar-refractivity contribution in [1.29, 1.82) is 0 Å². The quantitative estimate of drug-likeness (QED) is 0.855. The van der Waals surface area contributed by atoms with E-state index in [4.69, 9.17) is 0 Å². The third-order valence-electron chi connectivity index (χ3n) is 3.74. The number of rotatable bonds is 2. The summed E-state index contributed by atoms with van der Waals surface area (Å²) in [5.41, 5.74) is 1.39. The molecule has 2 aromatic rings. The standard InChI is InChI=1S/C14H18N4O/c1-18-8-6-10(7-9-18)15-14(19)13-11-4-2-3-5-12(11)16-17-13/h2-5,10H,6-9H2,1H3,(H,15,19)(H,16,17). The molecule has 2 N–H and O–H groups in total. The molecule has 100 valence electrons. The van der Waals surface area contributed by atoms with E-state index >= 15 is 0 Å². The second-order valence-corrected chi connectivity index (χ2v) is 5.17. The molecule has 1 aliphatic heterocycles. The van der Waals surface area contributed by atoms with Crippen molar-refractivity contribution in [3.63, 3.8) is 0 Å². The van der Waals surface area contributed by atoms with Gasteiger partial charge in [0.15, 0.2) is 5.69 Å². The number of hydrogen-bond acceptors (Lipinski definition) is 3. The Balaban J connectivity index is 1.73. The maximum atomic E-state index is 12.3. The van der Waals surface area contributed by atoms with Crippen LogP contribution in [0.5, 0.6) is 0 Å². The summed E-state index contributed by atoms with van der Waals surface area (Å²) in [4.78, 5) is 14.5. The summed E-state index contributed by atoms with van der Waals surface area (Å²) < 4.78 is 0. The van der Waals surface area contributed by atoms with Crippen molar-refractivity contribution < 1.29 is 4.79 Å². The Kier molecular flexibility index (Phi) is 3.21. The van der Waals surface area contributed by atoms with Crippen molar-refractivity contribution in [2.45, 2.75) is 18.9 Å². The third kappa shape index (κ3) is 2.46. The average molecular weight is 258 g/mol. The Morgan fingerprint density at radius 2 is 2.11 bits per heavy atom. The molecule has 1 aliphatic rings. The summed E-state index contributed by atoms with van der Waals surface area (Å²) in [5.74, 6) is -0.0768. The van der Waals surface area contributed by atoms with Crippen LogP contribution >= 0.6 is 0 Å². The zero-order valence-electron chi connectivity index (χ0n) is 11.0. The van der Waals surface area contributed by atoms with Gasteiger partial charge in [0.2, 0.25) is 0 Å². The Morgan fingerprint density at radius 3 is 2.89 bits per heavy atom. The van der Waals surface area contributed by atoms with Gasteiger partial charge in [0.25, 0.3) is 5.91 Å². The number of benzene rings is 1. The Morgan fingerprint density at radius 1 is 1.37 bits per heavy atom. The summed E-state index contributed by atoms with van der Waals surface area (Å²) in [7, 11) is 2.11. The largest absolute Gasteiger partial charge is 0.348 e. The first-order chi connectivity index (χ1) is 9.24. The van der Waals surface area contributed by atoms with Crippen molar-refractivity contribution >= 4 is 16.8 Å². The highest BCUT2D eigenvalue weighted by molar-refractivity contribution is 6.04. The van der Waals surface area contributed by atoms with Gasteiger partial charge in [-0.3, -0.25) is 9.89 Å². The van der Waals surface area contributed by atoms with E-state index in [1.165, 1.54) is 0 Å². The molecule has 2 heterocycles. The normalized spacial score (nSPS) is 17.7. The molecule has 1 saturated heterocycles. The van der Waals surface area contributed by atoms with Gasteiger partial charge in [-0.05, 0) is 39.0 Å². The first kappa shape index (κ1) is 12.2. The van der Waals surface area contributed by atoms with E-state index in [0.717, 1.165) is 36.8 Å². The number of amides is 1. The van der Waals surface area contributed by atoms with Crippen LogP contribution in [0.15, 0.2) is 24.3 Å². The Labute approximate surface area is 112 Å². The van der Waals surface area contributed by atoms with E-state index in [0.29, 0.717) is 5.69 Å². The molecule has 0 radical (unpaired) electrons. The zero-order valence-corrected chi connectivity index (χ0v) is 11.0. The zero-order chi connectivity index (χ0) is 13.2. The van der Waals surface area contributed by atoms with E-state index in [-0.39, 0.29) is 11.9 Å². The molecule has 0 unspecified atom stereocenters. The first-order valence-corrected chi connectivity index (χ1v) is 6.66. The molecule has 1 aromatic heterocycles. The minimum absolute atomic E-state index is 0.0768. The number of fused-ring (bicyclic) bond motifs is 1. The first-order valence-electron chi connectivity index (χ1n) is 6.66. The number of para-hydroxylation sites is 1. The van der Waals surface area contributed by atoms with Crippen LogP contribution in [-0.2, 0) is 0 Å². The van der Waals surface area contributed by atoms with Crippen LogP contribution in [0.4, 0.5) is 0 Å². The van der Waals surface area contributed by atoms with Crippen molar-refractivity contribution in [2.24, 2.45) is 0 Å². The fraction of sp³-hybridized carbons (Fsp3) is 0.429. The summed E-state index contributed by atoms with van der Waals surface area (Å²) in [5, 5.41) is 11.0. The molecule has 5 heteroatoms. The lowest BCUT2D eigenvalue weighted by atomic mass is 10.1. The summed E-state index contributed by atoms with van der Waals surface area (Å²) in [6, 6.07) is 7.96. The van der Waals surface area contributed by atoms with Crippen LogP contribution in [0.2, 0.25) is 0 Å². The van der Waals surface area contributed by atoms with Gasteiger partial charge in [-0.15, -0.1) is 0 Å². The fourth-order valence-electron chi connectivity index (χ4n) is 2.54. The lowest BCUT2D eigenvalue weighted by Crippen LogP contribution is -2.43. The summed E-state index contributed by atoms with van der Waals surface area (Å²) in [6.07, 6.45) is 2.01. The number of H-pyrrole nitrogens is 1. The van der Waals surface area contributed by atoms with E-state index < -0.39 is 0 Å². The van der Waals surface area contributed by atoms with Crippen molar-refractivity contribution in [2.75, 3.05) is 20.1 Å². The van der Waals surface area contributed by atoms with Gasteiger partial charge in [0.05, 0.1) is 5.52 Å². The van der Waals surface area contributed by atoms with Crippen molar-refractivity contribution in [3.8, 4) is 0 Å². The number of piperidine rings is 1. The maximum Gasteiger partial charge on any atom is 0.272 e. The molecule has 19 heavy (non-hydrogen) atoms. The summed E-state index contributed by atoms with van der Waals surface area (Å²) in [6.45, 7) is 2.07. The van der Waals surface area contributed by atoms with Gasteiger partial charge in [-0.25, -0.2) is 0 Å². The van der Waals surface area contributed by atoms with Crippen molar-refractivity contribution in [1.82, 2.24) is 20.4 Å². The lowest BCUT2D eigenvalue weighted by molar-refractivity contribution is 0.0913. The van der Waals surface area contributed by atoms with Crippen molar-refractivity contribution in [3.05, 3.63) is 30.0 Å². The molecule has 1 fully saturated rings. The van der Waals surface area contributed by atoms with Crippen LogP contribution in [0, 0.1) is 0 Å². The van der Waals surface area contributed by atoms with Gasteiger partial charge in [-0.2, -0.15) is 5.10 Å². The van der Waals surface area contributed by atoms with E-state index in [2.05, 4.69) is 27.5 Å². The average Bonchev–Trinajstić information content (AvgIpc) is 2.85. The van der Waals surface area contributed by atoms with Crippen LogP contribution in [-0.4, -0.2) is 47.2 Å². The van der Waals surface area contributed by atoms with Crippen LogP contribution in [0.1, 0.15) is 23.3 Å². The maximum absolute atomic E-state index is 12.3. The lowest BCUT2D eigenvalue weighted by Gasteiger charge is -2.29. The SMILES string of the molecule is CN1CCC(NC(=O)c2n[nH]c3ccccc23)CC1. The van der Waals surface area contributed by atoms with Gasteiger partial charge in [-0.1, -0.05) is 18.2 Å². The second kappa shape index (κ2) is 5.01. The molecular formula is C14H18N4O. The predicted octanol–water partition coefficient (Wildman–Crippen LogP) is 1.39. The number of carbonyl (C=O) groups excluding carboxylic acids is 1. The van der Waals surface area contributed by atoms with Gasteiger partial charge in [0, 0.05) is 11.4 Å². The van der Waals surface area contributed by atoms with Gasteiger partial charge >= 0.3 is 0 Å². The monoisotopic (exact) mass is 258 g/mol. The number of hydrogen-bond donors (Lipinski definition) is 2. The van der Waals surface area contributed by atoms with Gasteiger partial charge in [0.1, 0.15) is 0 Å². The smallest absolute Gasteiger partial charge is 0.272 e. The van der Waals surface area contributed by atoms with Gasteiger partial charge < -0.3 is 10.2 Å². The van der Waals surface area contributed by atoms with E-state index in [9.17, 15) is 4.79 Å². The highest BCUT2D eigenvalue weighted by Gasteiger charge is 2.21. The number of nitrogens with zero attached hydrogens (tertiary/aromatic N) is 2. The van der Waals surface area contributed by atoms with Crippen LogP contribution in [0.25, 0.3) is 10.9 Å². The number of carbonyl (C=O) groups is 1. The molecule has 3 rings (SSSR count). The molecular weight excluding hydrogens is 240 g/mol. The minimum Gasteiger partial charge on any atom is -0.348 e. The molecule has 0 aliphatic carbocycles. The molecule has 1 amide bonds. The predicted molar refractivity (Wildman–Crippen MR) is 74.1 cm³/mol. The highest BCUT2D eigenvalue weighted by atomic mass is 16.2. The molecule has 0 saturated carbocycles. The fourth-order valence-corrected chi connectivity index (χ4v) is 2.54. The topological polar surface area (TPSA) is 61.0 Å². The number of aromatic amines is 1. The van der Waals surface area contributed by atoms with Crippen LogP contribution < -0.4 is 5.32 Å². The molecule has 0 spiro atoms. The van der Waals surface area contributed by atoms with Crippen LogP contribution in [0.3, 0.4) is 0 Å². The van der Waals surface area contributed by atoms with E-state index in [1.54, 1.807) is 0 Å². The number of nitrogens with one attached hydrogen (secondary N) is 2. The number of likely N-dealkylation sites (tertiary alicyclic amines) is 1. The second-order valence-electron chi connectivity index (χ2n) is 5.17. The molecule has 0 bridgehead atoms. The molecule has 0 atom stereocenters. The van der Waals surface area contributed by atoms with E-state index in [1.807, 2.05) is 24.3 Å². The third-order valence-corrected chi connectivity index (χ3v) is 3.74. The number of aromatic nitrogens is 2. The Bertz CT molecular complexity index is 584. The summed E-state index contributed by atoms with van der Waals surface area (Å²) >= 11 is 0.